The average molecular weight is 297 g/mol. The lowest BCUT2D eigenvalue weighted by Gasteiger charge is -2.35. The largest absolute Gasteiger partial charge is 0.354 e. The van der Waals surface area contributed by atoms with E-state index in [4.69, 9.17) is 0 Å². The van der Waals surface area contributed by atoms with Crippen LogP contribution in [0.5, 0.6) is 0 Å². The van der Waals surface area contributed by atoms with Gasteiger partial charge in [0.1, 0.15) is 0 Å². The quantitative estimate of drug-likeness (QED) is 0.845. The van der Waals surface area contributed by atoms with Gasteiger partial charge in [0.05, 0.1) is 6.54 Å². The topological polar surface area (TPSA) is 35.6 Å². The van der Waals surface area contributed by atoms with Crippen molar-refractivity contribution in [3.63, 3.8) is 0 Å². The van der Waals surface area contributed by atoms with Gasteiger partial charge in [0.25, 0.3) is 0 Å². The molecule has 0 unspecified atom stereocenters. The molecule has 4 nitrogen and oxygen atoms in total. The molecule has 1 rings (SSSR count). The zero-order valence-electron chi connectivity index (χ0n) is 15.0. The summed E-state index contributed by atoms with van der Waals surface area (Å²) in [5.74, 6) is 0.160. The Balaban J connectivity index is 2.20. The number of nitrogens with zero attached hydrogens (tertiary/aromatic N) is 2. The minimum Gasteiger partial charge on any atom is -0.354 e. The van der Waals surface area contributed by atoms with Crippen molar-refractivity contribution >= 4 is 5.91 Å². The number of piperazine rings is 1. The molecule has 124 valence electrons. The maximum absolute atomic E-state index is 11.9. The van der Waals surface area contributed by atoms with Gasteiger partial charge in [-0.15, -0.1) is 0 Å². The number of nitrogens with one attached hydrogen (secondary N) is 1. The minimum absolute atomic E-state index is 0.154. The van der Waals surface area contributed by atoms with Crippen molar-refractivity contribution in [1.82, 2.24) is 15.1 Å². The van der Waals surface area contributed by atoms with Crippen LogP contribution < -0.4 is 5.32 Å². The van der Waals surface area contributed by atoms with Gasteiger partial charge in [-0.2, -0.15) is 0 Å². The molecular formula is C17H35N3O. The van der Waals surface area contributed by atoms with Crippen molar-refractivity contribution in [3.8, 4) is 0 Å². The van der Waals surface area contributed by atoms with E-state index < -0.39 is 0 Å². The lowest BCUT2D eigenvalue weighted by molar-refractivity contribution is -0.123. The van der Waals surface area contributed by atoms with Crippen LogP contribution in [0.3, 0.4) is 0 Å². The van der Waals surface area contributed by atoms with E-state index in [2.05, 4.69) is 56.7 Å². The van der Waals surface area contributed by atoms with Gasteiger partial charge in [0.2, 0.25) is 5.91 Å². The van der Waals surface area contributed by atoms with Crippen molar-refractivity contribution in [2.75, 3.05) is 45.8 Å². The van der Waals surface area contributed by atoms with Gasteiger partial charge in [-0.05, 0) is 23.8 Å². The summed E-state index contributed by atoms with van der Waals surface area (Å²) < 4.78 is 0. The second-order valence-electron chi connectivity index (χ2n) is 8.77. The summed E-state index contributed by atoms with van der Waals surface area (Å²) in [6.45, 7) is 20.0. The van der Waals surface area contributed by atoms with Crippen LogP contribution in [-0.2, 0) is 4.79 Å². The summed E-state index contributed by atoms with van der Waals surface area (Å²) in [7, 11) is 0. The number of rotatable bonds is 5. The third-order valence-corrected chi connectivity index (χ3v) is 3.83. The highest BCUT2D eigenvalue weighted by Gasteiger charge is 2.21. The van der Waals surface area contributed by atoms with Gasteiger partial charge in [0, 0.05) is 32.7 Å². The summed E-state index contributed by atoms with van der Waals surface area (Å²) in [5, 5.41) is 3.03. The van der Waals surface area contributed by atoms with Crippen LogP contribution in [0.4, 0.5) is 0 Å². The molecule has 0 aromatic heterocycles. The molecule has 0 bridgehead atoms. The van der Waals surface area contributed by atoms with Gasteiger partial charge in [-0.1, -0.05) is 41.5 Å². The molecule has 0 atom stereocenters. The van der Waals surface area contributed by atoms with E-state index in [-0.39, 0.29) is 11.3 Å². The fraction of sp³-hybridized carbons (Fsp3) is 0.941. The maximum Gasteiger partial charge on any atom is 0.234 e. The Bertz CT molecular complexity index is 320. The highest BCUT2D eigenvalue weighted by Crippen LogP contribution is 2.19. The second kappa shape index (κ2) is 7.59. The molecule has 1 amide bonds. The van der Waals surface area contributed by atoms with Gasteiger partial charge in [-0.25, -0.2) is 0 Å². The number of hydrogen-bond acceptors (Lipinski definition) is 3. The first-order chi connectivity index (χ1) is 9.55. The van der Waals surface area contributed by atoms with Crippen LogP contribution in [0.25, 0.3) is 0 Å². The first-order valence-electron chi connectivity index (χ1n) is 8.27. The van der Waals surface area contributed by atoms with Crippen molar-refractivity contribution in [1.29, 1.82) is 0 Å². The molecule has 1 saturated heterocycles. The lowest BCUT2D eigenvalue weighted by atomic mass is 9.92. The molecule has 0 spiro atoms. The number of carbonyl (C=O) groups is 1. The standard InChI is InChI=1S/C17H35N3O/c1-16(2,3)7-8-19-9-11-20(12-10-19)13-15(21)18-14-17(4,5)6/h7-14H2,1-6H3,(H,18,21). The molecule has 1 N–H and O–H groups in total. The lowest BCUT2D eigenvalue weighted by Crippen LogP contribution is -2.50. The van der Waals surface area contributed by atoms with E-state index in [1.807, 2.05) is 0 Å². The Labute approximate surface area is 131 Å². The number of hydrogen-bond donors (Lipinski definition) is 1. The maximum atomic E-state index is 11.9. The van der Waals surface area contributed by atoms with E-state index in [1.165, 1.54) is 13.0 Å². The first-order valence-corrected chi connectivity index (χ1v) is 8.27. The molecule has 0 aliphatic carbocycles. The molecule has 4 heteroatoms. The SMILES string of the molecule is CC(C)(C)CCN1CCN(CC(=O)NCC(C)(C)C)CC1. The molecule has 1 aliphatic rings. The molecule has 21 heavy (non-hydrogen) atoms. The Morgan fingerprint density at radius 2 is 1.43 bits per heavy atom. The summed E-state index contributed by atoms with van der Waals surface area (Å²) in [5.41, 5.74) is 0.561. The Kier molecular flexibility index (Phi) is 6.67. The number of carbonyl (C=O) groups excluding carboxylic acids is 1. The fourth-order valence-electron chi connectivity index (χ4n) is 2.29. The van der Waals surface area contributed by atoms with Crippen LogP contribution in [0.15, 0.2) is 0 Å². The number of amides is 1. The van der Waals surface area contributed by atoms with Crippen LogP contribution in [-0.4, -0.2) is 61.5 Å². The van der Waals surface area contributed by atoms with E-state index >= 15 is 0 Å². The Hall–Kier alpha value is -0.610. The third kappa shape index (κ3) is 9.10. The summed E-state index contributed by atoms with van der Waals surface area (Å²) >= 11 is 0. The van der Waals surface area contributed by atoms with E-state index in [9.17, 15) is 4.79 Å². The highest BCUT2D eigenvalue weighted by atomic mass is 16.2. The van der Waals surface area contributed by atoms with Crippen molar-refractivity contribution in [2.24, 2.45) is 10.8 Å². The van der Waals surface area contributed by atoms with Crippen molar-refractivity contribution < 1.29 is 4.79 Å². The summed E-state index contributed by atoms with van der Waals surface area (Å²) in [4.78, 5) is 16.7. The van der Waals surface area contributed by atoms with Crippen LogP contribution in [0, 0.1) is 10.8 Å². The van der Waals surface area contributed by atoms with Gasteiger partial charge < -0.3 is 10.2 Å². The van der Waals surface area contributed by atoms with Gasteiger partial charge >= 0.3 is 0 Å². The predicted molar refractivity (Wildman–Crippen MR) is 89.4 cm³/mol. The molecule has 1 fully saturated rings. The predicted octanol–water partition coefficient (Wildman–Crippen LogP) is 2.20. The Morgan fingerprint density at radius 1 is 0.905 bits per heavy atom. The smallest absolute Gasteiger partial charge is 0.234 e. The molecule has 1 heterocycles. The van der Waals surface area contributed by atoms with Crippen LogP contribution in [0.1, 0.15) is 48.0 Å². The van der Waals surface area contributed by atoms with E-state index in [0.717, 1.165) is 32.7 Å². The van der Waals surface area contributed by atoms with E-state index in [0.29, 0.717) is 12.0 Å². The van der Waals surface area contributed by atoms with Gasteiger partial charge in [-0.3, -0.25) is 9.69 Å². The first kappa shape index (κ1) is 18.4. The summed E-state index contributed by atoms with van der Waals surface area (Å²) in [6, 6.07) is 0. The molecule has 1 aliphatic heterocycles. The van der Waals surface area contributed by atoms with Crippen LogP contribution in [0.2, 0.25) is 0 Å². The molecule has 0 radical (unpaired) electrons. The third-order valence-electron chi connectivity index (χ3n) is 3.83. The normalized spacial score (nSPS) is 18.8. The zero-order chi connectivity index (χ0) is 16.1. The van der Waals surface area contributed by atoms with Crippen LogP contribution >= 0.6 is 0 Å². The highest BCUT2D eigenvalue weighted by molar-refractivity contribution is 5.78. The fourth-order valence-corrected chi connectivity index (χ4v) is 2.29. The molecular weight excluding hydrogens is 262 g/mol. The second-order valence-corrected chi connectivity index (χ2v) is 8.77. The summed E-state index contributed by atoms with van der Waals surface area (Å²) in [6.07, 6.45) is 1.24. The van der Waals surface area contributed by atoms with Crippen molar-refractivity contribution in [2.45, 2.75) is 48.0 Å². The molecule has 0 saturated carbocycles. The molecule has 0 aromatic rings. The monoisotopic (exact) mass is 297 g/mol. The minimum atomic E-state index is 0.154. The molecule has 0 aromatic carbocycles. The van der Waals surface area contributed by atoms with E-state index in [1.54, 1.807) is 0 Å². The van der Waals surface area contributed by atoms with Crippen molar-refractivity contribution in [3.05, 3.63) is 0 Å². The zero-order valence-corrected chi connectivity index (χ0v) is 15.0. The average Bonchev–Trinajstić information content (AvgIpc) is 2.34. The Morgan fingerprint density at radius 3 is 1.90 bits per heavy atom. The van der Waals surface area contributed by atoms with Gasteiger partial charge in [0.15, 0.2) is 0 Å².